The number of rotatable bonds is 5. The third kappa shape index (κ3) is 3.08. The number of fused-ring (bicyclic) bond motifs is 1. The number of oxazole rings is 1. The molecular formula is C11H15N3O4S. The van der Waals surface area contributed by atoms with Gasteiger partial charge in [0, 0.05) is 18.4 Å². The number of sulfone groups is 1. The van der Waals surface area contributed by atoms with Gasteiger partial charge in [0.2, 0.25) is 0 Å². The van der Waals surface area contributed by atoms with E-state index in [0.29, 0.717) is 22.5 Å². The van der Waals surface area contributed by atoms with Crippen LogP contribution >= 0.6 is 0 Å². The maximum absolute atomic E-state index is 11.4. The van der Waals surface area contributed by atoms with Gasteiger partial charge < -0.3 is 15.5 Å². The van der Waals surface area contributed by atoms with Crippen molar-refractivity contribution < 1.29 is 12.8 Å². The molecule has 0 aliphatic rings. The van der Waals surface area contributed by atoms with Gasteiger partial charge in [0.25, 0.3) is 0 Å². The summed E-state index contributed by atoms with van der Waals surface area (Å²) in [5.74, 6) is -0.415. The molecule has 0 radical (unpaired) electrons. The Morgan fingerprint density at radius 2 is 2.16 bits per heavy atom. The maximum atomic E-state index is 11.4. The molecule has 8 heteroatoms. The lowest BCUT2D eigenvalue weighted by Crippen LogP contribution is -2.17. The van der Waals surface area contributed by atoms with E-state index in [1.807, 2.05) is 0 Å². The zero-order valence-corrected chi connectivity index (χ0v) is 11.2. The topological polar surface area (TPSA) is 118 Å². The van der Waals surface area contributed by atoms with E-state index in [2.05, 4.69) is 10.3 Å². The Kier molecular flexibility index (Phi) is 3.52. The number of aromatic amines is 1. The Morgan fingerprint density at radius 3 is 2.84 bits per heavy atom. The summed E-state index contributed by atoms with van der Waals surface area (Å²) in [7, 11) is -3.02. The average Bonchev–Trinajstić information content (AvgIpc) is 2.68. The fourth-order valence-electron chi connectivity index (χ4n) is 1.65. The summed E-state index contributed by atoms with van der Waals surface area (Å²) in [6, 6.07) is 3.14. The molecule has 0 spiro atoms. The summed E-state index contributed by atoms with van der Waals surface area (Å²) in [6.07, 6.45) is 0. The van der Waals surface area contributed by atoms with Crippen LogP contribution in [0.2, 0.25) is 0 Å². The Balaban J connectivity index is 2.16. The molecule has 1 aromatic heterocycles. The number of nitrogens with one attached hydrogen (secondary N) is 2. The van der Waals surface area contributed by atoms with E-state index in [9.17, 15) is 13.2 Å². The molecule has 19 heavy (non-hydrogen) atoms. The van der Waals surface area contributed by atoms with E-state index in [1.165, 1.54) is 6.07 Å². The van der Waals surface area contributed by atoms with Crippen molar-refractivity contribution in [2.75, 3.05) is 29.1 Å². The minimum Gasteiger partial charge on any atom is -0.408 e. The van der Waals surface area contributed by atoms with Gasteiger partial charge in [0.15, 0.2) is 15.4 Å². The third-order valence-electron chi connectivity index (χ3n) is 2.76. The van der Waals surface area contributed by atoms with Crippen LogP contribution in [0.15, 0.2) is 21.3 Å². The molecule has 4 N–H and O–H groups in total. The van der Waals surface area contributed by atoms with Gasteiger partial charge in [0.1, 0.15) is 0 Å². The zero-order chi connectivity index (χ0) is 14.0. The fourth-order valence-corrected chi connectivity index (χ4v) is 2.35. The van der Waals surface area contributed by atoms with Gasteiger partial charge >= 0.3 is 5.76 Å². The first-order valence-electron chi connectivity index (χ1n) is 5.78. The van der Waals surface area contributed by atoms with Gasteiger partial charge in [-0.2, -0.15) is 0 Å². The number of nitrogens with two attached hydrogens (primary N) is 1. The number of benzene rings is 1. The Bertz CT molecular complexity index is 745. The summed E-state index contributed by atoms with van der Waals surface area (Å²) in [4.78, 5) is 13.5. The minimum absolute atomic E-state index is 0.0306. The molecule has 0 atom stereocenters. The van der Waals surface area contributed by atoms with E-state index < -0.39 is 15.6 Å². The highest BCUT2D eigenvalue weighted by Gasteiger charge is 2.09. The predicted octanol–water partition coefficient (Wildman–Crippen LogP) is 0.550. The molecule has 0 saturated heterocycles. The highest BCUT2D eigenvalue weighted by Crippen LogP contribution is 2.24. The molecule has 0 amide bonds. The molecule has 0 bridgehead atoms. The number of hydrogen-bond acceptors (Lipinski definition) is 6. The molecule has 2 aromatic rings. The van der Waals surface area contributed by atoms with Crippen LogP contribution in [0.5, 0.6) is 0 Å². The quantitative estimate of drug-likeness (QED) is 0.690. The molecule has 0 unspecified atom stereocenters. The Labute approximate surface area is 109 Å². The van der Waals surface area contributed by atoms with Crippen molar-refractivity contribution in [3.8, 4) is 0 Å². The molecule has 0 aliphatic heterocycles. The lowest BCUT2D eigenvalue weighted by molar-refractivity contribution is 0.555. The molecule has 1 heterocycles. The van der Waals surface area contributed by atoms with Gasteiger partial charge in [-0.1, -0.05) is 6.92 Å². The predicted molar refractivity (Wildman–Crippen MR) is 74.1 cm³/mol. The van der Waals surface area contributed by atoms with Gasteiger partial charge in [0.05, 0.1) is 22.6 Å². The summed E-state index contributed by atoms with van der Waals surface area (Å²) < 4.78 is 27.6. The number of hydrogen-bond donors (Lipinski definition) is 3. The largest absolute Gasteiger partial charge is 0.417 e. The van der Waals surface area contributed by atoms with Crippen molar-refractivity contribution in [2.24, 2.45) is 0 Å². The molecule has 2 rings (SSSR count). The lowest BCUT2D eigenvalue weighted by atomic mass is 10.2. The first-order chi connectivity index (χ1) is 8.91. The van der Waals surface area contributed by atoms with Crippen LogP contribution in [0.1, 0.15) is 6.92 Å². The van der Waals surface area contributed by atoms with Crippen molar-refractivity contribution in [1.82, 2.24) is 4.98 Å². The first kappa shape index (κ1) is 13.5. The number of anilines is 2. The molecule has 104 valence electrons. The molecule has 1 aromatic carbocycles. The van der Waals surface area contributed by atoms with Crippen LogP contribution in [0, 0.1) is 0 Å². The van der Waals surface area contributed by atoms with Crippen molar-refractivity contribution in [3.05, 3.63) is 22.7 Å². The van der Waals surface area contributed by atoms with Crippen molar-refractivity contribution >= 4 is 32.3 Å². The Morgan fingerprint density at radius 1 is 1.42 bits per heavy atom. The molecule has 0 aliphatic carbocycles. The molecule has 7 nitrogen and oxygen atoms in total. The van der Waals surface area contributed by atoms with Crippen LogP contribution in [0.25, 0.3) is 11.1 Å². The van der Waals surface area contributed by atoms with E-state index in [0.717, 1.165) is 0 Å². The minimum atomic E-state index is -3.02. The van der Waals surface area contributed by atoms with Crippen molar-refractivity contribution in [1.29, 1.82) is 0 Å². The lowest BCUT2D eigenvalue weighted by Gasteiger charge is -2.09. The van der Waals surface area contributed by atoms with E-state index in [4.69, 9.17) is 10.2 Å². The van der Waals surface area contributed by atoms with Gasteiger partial charge in [-0.25, -0.2) is 13.2 Å². The number of nitrogen functional groups attached to an aromatic ring is 1. The number of aromatic nitrogens is 1. The van der Waals surface area contributed by atoms with Crippen LogP contribution in [-0.4, -0.2) is 31.5 Å². The van der Waals surface area contributed by atoms with Crippen LogP contribution < -0.4 is 16.8 Å². The molecular weight excluding hydrogens is 270 g/mol. The van der Waals surface area contributed by atoms with Crippen molar-refractivity contribution in [2.45, 2.75) is 6.92 Å². The van der Waals surface area contributed by atoms with Crippen LogP contribution in [0.3, 0.4) is 0 Å². The van der Waals surface area contributed by atoms with Gasteiger partial charge in [-0.05, 0) is 6.07 Å². The SMILES string of the molecule is CCS(=O)(=O)CCNc1cc2[nH]c(=O)oc2cc1N. The highest BCUT2D eigenvalue weighted by atomic mass is 32.2. The molecule has 0 fully saturated rings. The first-order valence-corrected chi connectivity index (χ1v) is 7.60. The van der Waals surface area contributed by atoms with Crippen molar-refractivity contribution in [3.63, 3.8) is 0 Å². The van der Waals surface area contributed by atoms with Gasteiger partial charge in [-0.3, -0.25) is 4.98 Å². The summed E-state index contributed by atoms with van der Waals surface area (Å²) in [5, 5.41) is 2.94. The normalized spacial score (nSPS) is 11.8. The van der Waals surface area contributed by atoms with E-state index in [-0.39, 0.29) is 18.1 Å². The summed E-state index contributed by atoms with van der Waals surface area (Å²) in [6.45, 7) is 1.86. The standard InChI is InChI=1S/C11H15N3O4S/c1-2-19(16,17)4-3-13-8-6-9-10(5-7(8)12)18-11(15)14-9/h5-6,13H,2-4,12H2,1H3,(H,14,15). The monoisotopic (exact) mass is 285 g/mol. The average molecular weight is 285 g/mol. The smallest absolute Gasteiger partial charge is 0.408 e. The third-order valence-corrected chi connectivity index (χ3v) is 4.47. The fraction of sp³-hybridized carbons (Fsp3) is 0.364. The highest BCUT2D eigenvalue weighted by molar-refractivity contribution is 7.91. The zero-order valence-electron chi connectivity index (χ0n) is 10.4. The summed E-state index contributed by atoms with van der Waals surface area (Å²) in [5.41, 5.74) is 7.63. The van der Waals surface area contributed by atoms with E-state index in [1.54, 1.807) is 13.0 Å². The van der Waals surface area contributed by atoms with Gasteiger partial charge in [-0.15, -0.1) is 0 Å². The maximum Gasteiger partial charge on any atom is 0.417 e. The molecule has 0 saturated carbocycles. The summed E-state index contributed by atoms with van der Waals surface area (Å²) >= 11 is 0. The second-order valence-corrected chi connectivity index (χ2v) is 6.59. The number of H-pyrrole nitrogens is 1. The second kappa shape index (κ2) is 4.96. The van der Waals surface area contributed by atoms with E-state index >= 15 is 0 Å². The van der Waals surface area contributed by atoms with Crippen LogP contribution in [-0.2, 0) is 9.84 Å². The van der Waals surface area contributed by atoms with Crippen LogP contribution in [0.4, 0.5) is 11.4 Å². The Hall–Kier alpha value is -1.96. The second-order valence-electron chi connectivity index (χ2n) is 4.11.